The molecular weight excluding hydrogens is 208 g/mol. The molecule has 0 heterocycles. The fourth-order valence-electron chi connectivity index (χ4n) is 4.68. The largest absolute Gasteiger partial charge is 0.299 e. The van der Waals surface area contributed by atoms with Gasteiger partial charge in [0.05, 0.1) is 0 Å². The van der Waals surface area contributed by atoms with Crippen molar-refractivity contribution in [3.63, 3.8) is 0 Å². The highest BCUT2D eigenvalue weighted by Gasteiger charge is 2.56. The normalized spacial score (nSPS) is 51.1. The summed E-state index contributed by atoms with van der Waals surface area (Å²) >= 11 is 0. The van der Waals surface area contributed by atoms with Crippen molar-refractivity contribution in [3.05, 3.63) is 23.8 Å². The Labute approximate surface area is 103 Å². The molecule has 90 valence electrons. The van der Waals surface area contributed by atoms with Crippen LogP contribution in [0, 0.1) is 35.5 Å². The molecule has 0 aromatic heterocycles. The van der Waals surface area contributed by atoms with Gasteiger partial charge in [0.25, 0.3) is 0 Å². The van der Waals surface area contributed by atoms with Crippen LogP contribution in [0.4, 0.5) is 0 Å². The Bertz CT molecular complexity index is 431. The summed E-state index contributed by atoms with van der Waals surface area (Å²) in [6, 6.07) is 0. The molecule has 0 amide bonds. The number of Topliss-reactive ketones (excluding diaryl/α,β-unsaturated/α-hetero) is 1. The molecule has 4 rings (SSSR count). The average molecular weight is 228 g/mol. The first kappa shape index (κ1) is 10.1. The fraction of sp³-hybridized carbons (Fsp3) is 0.688. The fourth-order valence-corrected chi connectivity index (χ4v) is 4.68. The number of fused-ring (bicyclic) bond motifs is 4. The lowest BCUT2D eigenvalue weighted by Gasteiger charge is -2.30. The van der Waals surface area contributed by atoms with E-state index in [1.165, 1.54) is 24.8 Å². The summed E-state index contributed by atoms with van der Waals surface area (Å²) < 4.78 is 0. The van der Waals surface area contributed by atoms with Gasteiger partial charge < -0.3 is 0 Å². The molecule has 0 aliphatic heterocycles. The minimum absolute atomic E-state index is 0.288. The van der Waals surface area contributed by atoms with Crippen molar-refractivity contribution >= 4 is 5.78 Å². The van der Waals surface area contributed by atoms with Crippen LogP contribution < -0.4 is 0 Å². The van der Waals surface area contributed by atoms with E-state index in [4.69, 9.17) is 0 Å². The summed E-state index contributed by atoms with van der Waals surface area (Å²) in [5.74, 6) is 4.24. The zero-order valence-corrected chi connectivity index (χ0v) is 10.4. The number of hydrogen-bond acceptors (Lipinski definition) is 1. The Morgan fingerprint density at radius 3 is 2.88 bits per heavy atom. The van der Waals surface area contributed by atoms with Crippen molar-refractivity contribution in [2.45, 2.75) is 32.6 Å². The molecule has 4 aliphatic carbocycles. The Morgan fingerprint density at radius 2 is 2.00 bits per heavy atom. The van der Waals surface area contributed by atoms with Crippen molar-refractivity contribution < 1.29 is 4.79 Å². The number of allylic oxidation sites excluding steroid dienone is 4. The van der Waals surface area contributed by atoms with Gasteiger partial charge in [0.2, 0.25) is 0 Å². The van der Waals surface area contributed by atoms with Crippen LogP contribution in [0.25, 0.3) is 0 Å². The second-order valence-electron chi connectivity index (χ2n) is 6.55. The molecule has 0 saturated heterocycles. The van der Waals surface area contributed by atoms with E-state index in [1.807, 2.05) is 0 Å². The summed E-state index contributed by atoms with van der Waals surface area (Å²) in [6.45, 7) is 2.22. The maximum Gasteiger partial charge on any atom is 0.140 e. The van der Waals surface area contributed by atoms with Crippen molar-refractivity contribution in [3.8, 4) is 0 Å². The van der Waals surface area contributed by atoms with Gasteiger partial charge in [0.15, 0.2) is 0 Å². The summed E-state index contributed by atoms with van der Waals surface area (Å²) in [4.78, 5) is 12.7. The van der Waals surface area contributed by atoms with Gasteiger partial charge in [0.1, 0.15) is 5.78 Å². The van der Waals surface area contributed by atoms with Crippen molar-refractivity contribution in [1.29, 1.82) is 0 Å². The van der Waals surface area contributed by atoms with Crippen LogP contribution in [0.1, 0.15) is 32.6 Å². The zero-order chi connectivity index (χ0) is 11.6. The molecule has 0 bridgehead atoms. The van der Waals surface area contributed by atoms with Gasteiger partial charge >= 0.3 is 0 Å². The van der Waals surface area contributed by atoms with Crippen LogP contribution in [0.3, 0.4) is 0 Å². The van der Waals surface area contributed by atoms with E-state index in [-0.39, 0.29) is 5.92 Å². The minimum atomic E-state index is 0.288. The molecule has 2 saturated carbocycles. The Morgan fingerprint density at radius 1 is 1.12 bits per heavy atom. The van der Waals surface area contributed by atoms with Crippen LogP contribution in [0.2, 0.25) is 0 Å². The molecule has 4 aliphatic rings. The molecule has 0 spiro atoms. The second kappa shape index (κ2) is 3.34. The maximum absolute atomic E-state index is 12.7. The highest BCUT2D eigenvalue weighted by molar-refractivity contribution is 5.86. The third-order valence-corrected chi connectivity index (χ3v) is 5.74. The molecular formula is C16H20O. The van der Waals surface area contributed by atoms with E-state index in [0.29, 0.717) is 23.5 Å². The maximum atomic E-state index is 12.7. The van der Waals surface area contributed by atoms with Gasteiger partial charge in [-0.1, -0.05) is 23.8 Å². The van der Waals surface area contributed by atoms with E-state index in [2.05, 4.69) is 25.2 Å². The van der Waals surface area contributed by atoms with Crippen LogP contribution >= 0.6 is 0 Å². The first-order valence-electron chi connectivity index (χ1n) is 7.12. The van der Waals surface area contributed by atoms with Gasteiger partial charge in [0, 0.05) is 17.8 Å². The predicted molar refractivity (Wildman–Crippen MR) is 67.3 cm³/mol. The monoisotopic (exact) mass is 228 g/mol. The minimum Gasteiger partial charge on any atom is -0.299 e. The van der Waals surface area contributed by atoms with Crippen molar-refractivity contribution in [2.24, 2.45) is 35.5 Å². The summed E-state index contributed by atoms with van der Waals surface area (Å²) in [5, 5.41) is 0. The summed E-state index contributed by atoms with van der Waals surface area (Å²) in [6.07, 6.45) is 11.7. The molecule has 6 atom stereocenters. The molecule has 0 N–H and O–H groups in total. The van der Waals surface area contributed by atoms with Gasteiger partial charge in [-0.3, -0.25) is 4.79 Å². The van der Waals surface area contributed by atoms with Crippen LogP contribution in [-0.2, 0) is 4.79 Å². The second-order valence-corrected chi connectivity index (χ2v) is 6.55. The smallest absolute Gasteiger partial charge is 0.140 e. The molecule has 0 aromatic carbocycles. The Kier molecular flexibility index (Phi) is 1.98. The van der Waals surface area contributed by atoms with Gasteiger partial charge in [-0.25, -0.2) is 0 Å². The van der Waals surface area contributed by atoms with Gasteiger partial charge in [-0.15, -0.1) is 0 Å². The quantitative estimate of drug-likeness (QED) is 0.581. The zero-order valence-electron chi connectivity index (χ0n) is 10.4. The lowest BCUT2D eigenvalue weighted by Crippen LogP contribution is -2.32. The number of ketones is 1. The third kappa shape index (κ3) is 1.34. The molecule has 0 radical (unpaired) electrons. The summed E-state index contributed by atoms with van der Waals surface area (Å²) in [7, 11) is 0. The average Bonchev–Trinajstić information content (AvgIpc) is 2.79. The first-order chi connectivity index (χ1) is 8.25. The van der Waals surface area contributed by atoms with E-state index in [0.717, 1.165) is 18.3 Å². The molecule has 1 heteroatoms. The Balaban J connectivity index is 1.71. The first-order valence-corrected chi connectivity index (χ1v) is 7.12. The van der Waals surface area contributed by atoms with Crippen LogP contribution in [0.15, 0.2) is 23.8 Å². The lowest BCUT2D eigenvalue weighted by atomic mass is 9.73. The SMILES string of the molecule is CC1=CC[C@H]2[C@H]3C[C@H]3C[C@@H]2C(=O)[C@H]2CC=C[C@@H]12. The number of carbonyl (C=O) groups is 1. The molecule has 2 fully saturated rings. The van der Waals surface area contributed by atoms with E-state index < -0.39 is 0 Å². The van der Waals surface area contributed by atoms with E-state index >= 15 is 0 Å². The van der Waals surface area contributed by atoms with Crippen molar-refractivity contribution in [2.75, 3.05) is 0 Å². The van der Waals surface area contributed by atoms with Crippen LogP contribution in [0.5, 0.6) is 0 Å². The van der Waals surface area contributed by atoms with Gasteiger partial charge in [-0.05, 0) is 50.4 Å². The van der Waals surface area contributed by atoms with E-state index in [1.54, 1.807) is 0 Å². The molecule has 0 aromatic rings. The van der Waals surface area contributed by atoms with Crippen molar-refractivity contribution in [1.82, 2.24) is 0 Å². The third-order valence-electron chi connectivity index (χ3n) is 5.74. The standard InChI is InChI=1S/C16H20O/c1-9-5-6-12-14-7-10(14)8-15(12)16(17)13-4-2-3-11(9)13/h2-3,5,10-15H,4,6-8H2,1H3/t10-,11-,12-,13-,14-,15-/m0/s1. The topological polar surface area (TPSA) is 17.1 Å². The van der Waals surface area contributed by atoms with Gasteiger partial charge in [-0.2, -0.15) is 0 Å². The van der Waals surface area contributed by atoms with E-state index in [9.17, 15) is 4.79 Å². The lowest BCUT2D eigenvalue weighted by molar-refractivity contribution is -0.129. The molecule has 1 nitrogen and oxygen atoms in total. The number of carbonyl (C=O) groups excluding carboxylic acids is 1. The highest BCUT2D eigenvalue weighted by Crippen LogP contribution is 2.61. The highest BCUT2D eigenvalue weighted by atomic mass is 16.1. The predicted octanol–water partition coefficient (Wildman–Crippen LogP) is 3.37. The number of hydrogen-bond donors (Lipinski definition) is 0. The van der Waals surface area contributed by atoms with Crippen LogP contribution in [-0.4, -0.2) is 5.78 Å². The number of rotatable bonds is 0. The molecule has 0 unspecified atom stereocenters. The Hall–Kier alpha value is -0.850. The molecule has 17 heavy (non-hydrogen) atoms. The summed E-state index contributed by atoms with van der Waals surface area (Å²) in [5.41, 5.74) is 1.44.